The molecule has 18 heavy (non-hydrogen) atoms. The Balaban J connectivity index is 1.44. The van der Waals surface area contributed by atoms with Crippen molar-refractivity contribution in [2.45, 2.75) is 32.1 Å². The Labute approximate surface area is 110 Å². The van der Waals surface area contributed by atoms with Crippen LogP contribution in [-0.2, 0) is 6.42 Å². The second-order valence-corrected chi connectivity index (χ2v) is 5.30. The number of hydrogen-bond donors (Lipinski definition) is 0. The molecule has 0 saturated carbocycles. The first-order valence-electron chi connectivity index (χ1n) is 7.15. The third-order valence-corrected chi connectivity index (χ3v) is 3.74. The highest BCUT2D eigenvalue weighted by Crippen LogP contribution is 2.07. The first-order chi connectivity index (χ1) is 8.84. The molecule has 2 heterocycles. The van der Waals surface area contributed by atoms with Crippen LogP contribution in [0.1, 0.15) is 31.4 Å². The van der Waals surface area contributed by atoms with Gasteiger partial charge in [-0.2, -0.15) is 0 Å². The molecule has 0 aliphatic carbocycles. The molecular formula is C14H25N3O. The second-order valence-electron chi connectivity index (χ2n) is 5.30. The van der Waals surface area contributed by atoms with Gasteiger partial charge in [-0.15, -0.1) is 0 Å². The van der Waals surface area contributed by atoms with Crippen molar-refractivity contribution in [1.82, 2.24) is 15.0 Å². The summed E-state index contributed by atoms with van der Waals surface area (Å²) in [6.45, 7) is 6.22. The minimum Gasteiger partial charge on any atom is -0.365 e. The lowest BCUT2D eigenvalue weighted by Crippen LogP contribution is -2.44. The summed E-state index contributed by atoms with van der Waals surface area (Å²) in [5.41, 5.74) is 1.09. The summed E-state index contributed by atoms with van der Waals surface area (Å²) in [5, 5.41) is 3.93. The lowest BCUT2D eigenvalue weighted by Gasteiger charge is -2.32. The molecular weight excluding hydrogens is 226 g/mol. The number of rotatable bonds is 7. The summed E-state index contributed by atoms with van der Waals surface area (Å²) in [5.74, 6) is 0. The maximum absolute atomic E-state index is 4.82. The Morgan fingerprint density at radius 2 is 1.89 bits per heavy atom. The Bertz CT molecular complexity index is 305. The van der Waals surface area contributed by atoms with Crippen molar-refractivity contribution >= 4 is 0 Å². The largest absolute Gasteiger partial charge is 0.365 e. The van der Waals surface area contributed by atoms with Gasteiger partial charge in [0.25, 0.3) is 0 Å². The van der Waals surface area contributed by atoms with E-state index in [1.807, 2.05) is 6.07 Å². The van der Waals surface area contributed by atoms with Crippen molar-refractivity contribution in [2.75, 3.05) is 39.8 Å². The number of unbranched alkanes of at least 4 members (excludes halogenated alkanes) is 3. The molecule has 0 bridgehead atoms. The quantitative estimate of drug-likeness (QED) is 0.694. The molecule has 1 aromatic heterocycles. The normalized spacial score (nSPS) is 18.3. The molecule has 4 nitrogen and oxygen atoms in total. The van der Waals surface area contributed by atoms with Crippen molar-refractivity contribution < 1.29 is 4.52 Å². The molecule has 2 rings (SSSR count). The molecule has 0 amide bonds. The molecule has 0 aromatic carbocycles. The highest BCUT2D eigenvalue weighted by molar-refractivity contribution is 4.94. The van der Waals surface area contributed by atoms with Crippen LogP contribution in [0.4, 0.5) is 0 Å². The van der Waals surface area contributed by atoms with Crippen LogP contribution in [0.2, 0.25) is 0 Å². The maximum atomic E-state index is 4.82. The summed E-state index contributed by atoms with van der Waals surface area (Å²) in [7, 11) is 2.21. The fourth-order valence-electron chi connectivity index (χ4n) is 2.43. The molecule has 0 atom stereocenters. The molecule has 1 fully saturated rings. The Hall–Kier alpha value is -0.870. The van der Waals surface area contributed by atoms with Crippen LogP contribution in [0, 0.1) is 0 Å². The average Bonchev–Trinajstić information content (AvgIpc) is 2.89. The molecule has 1 saturated heterocycles. The number of likely N-dealkylation sites (N-methyl/N-ethyl adjacent to an activating group) is 1. The van der Waals surface area contributed by atoms with E-state index in [4.69, 9.17) is 4.52 Å². The Kier molecular flexibility index (Phi) is 5.68. The van der Waals surface area contributed by atoms with E-state index in [1.54, 1.807) is 6.26 Å². The maximum Gasteiger partial charge on any atom is 0.124 e. The SMILES string of the molecule is CN1CCN(CCCCCCc2ccon2)CC1. The van der Waals surface area contributed by atoms with Gasteiger partial charge >= 0.3 is 0 Å². The molecule has 1 aliphatic heterocycles. The number of aryl methyl sites for hydroxylation is 1. The zero-order valence-corrected chi connectivity index (χ0v) is 11.5. The smallest absolute Gasteiger partial charge is 0.124 e. The van der Waals surface area contributed by atoms with E-state index >= 15 is 0 Å². The summed E-state index contributed by atoms with van der Waals surface area (Å²) in [6.07, 6.45) is 7.93. The monoisotopic (exact) mass is 251 g/mol. The predicted octanol–water partition coefficient (Wildman–Crippen LogP) is 2.02. The highest BCUT2D eigenvalue weighted by atomic mass is 16.5. The van der Waals surface area contributed by atoms with Crippen LogP contribution in [0.5, 0.6) is 0 Å². The van der Waals surface area contributed by atoms with Gasteiger partial charge in [0.05, 0.1) is 5.69 Å². The van der Waals surface area contributed by atoms with Crippen LogP contribution >= 0.6 is 0 Å². The van der Waals surface area contributed by atoms with Crippen molar-refractivity contribution in [1.29, 1.82) is 0 Å². The van der Waals surface area contributed by atoms with E-state index in [0.717, 1.165) is 12.1 Å². The van der Waals surface area contributed by atoms with Gasteiger partial charge in [-0.1, -0.05) is 18.0 Å². The minimum absolute atomic E-state index is 1.06. The van der Waals surface area contributed by atoms with Gasteiger partial charge in [0.15, 0.2) is 0 Å². The fourth-order valence-corrected chi connectivity index (χ4v) is 2.43. The number of piperazine rings is 1. The Morgan fingerprint density at radius 1 is 1.11 bits per heavy atom. The van der Waals surface area contributed by atoms with Crippen LogP contribution < -0.4 is 0 Å². The molecule has 1 aromatic rings. The molecule has 0 spiro atoms. The van der Waals surface area contributed by atoms with Crippen LogP contribution in [0.3, 0.4) is 0 Å². The van der Waals surface area contributed by atoms with Gasteiger partial charge in [-0.3, -0.25) is 0 Å². The second kappa shape index (κ2) is 7.54. The summed E-state index contributed by atoms with van der Waals surface area (Å²) in [4.78, 5) is 5.01. The number of hydrogen-bond acceptors (Lipinski definition) is 4. The van der Waals surface area contributed by atoms with Gasteiger partial charge in [0.1, 0.15) is 6.26 Å². The van der Waals surface area contributed by atoms with Gasteiger partial charge in [-0.05, 0) is 32.9 Å². The lowest BCUT2D eigenvalue weighted by atomic mass is 10.1. The molecule has 0 unspecified atom stereocenters. The summed E-state index contributed by atoms with van der Waals surface area (Å²) in [6, 6.07) is 1.96. The van der Waals surface area contributed by atoms with Gasteiger partial charge in [0, 0.05) is 32.2 Å². The Morgan fingerprint density at radius 3 is 2.61 bits per heavy atom. The van der Waals surface area contributed by atoms with Crippen LogP contribution in [0.25, 0.3) is 0 Å². The number of nitrogens with zero attached hydrogens (tertiary/aromatic N) is 3. The number of aromatic nitrogens is 1. The van der Waals surface area contributed by atoms with Crippen molar-refractivity contribution in [2.24, 2.45) is 0 Å². The summed E-state index contributed by atoms with van der Waals surface area (Å²) >= 11 is 0. The molecule has 0 N–H and O–H groups in total. The molecule has 0 radical (unpaired) electrons. The van der Waals surface area contributed by atoms with E-state index in [9.17, 15) is 0 Å². The molecule has 102 valence electrons. The van der Waals surface area contributed by atoms with Crippen molar-refractivity contribution in [3.05, 3.63) is 18.0 Å². The van der Waals surface area contributed by atoms with Crippen LogP contribution in [0.15, 0.2) is 16.9 Å². The highest BCUT2D eigenvalue weighted by Gasteiger charge is 2.12. The van der Waals surface area contributed by atoms with E-state index in [1.165, 1.54) is 58.4 Å². The van der Waals surface area contributed by atoms with Gasteiger partial charge in [0.2, 0.25) is 0 Å². The first-order valence-corrected chi connectivity index (χ1v) is 7.15. The van der Waals surface area contributed by atoms with Crippen molar-refractivity contribution in [3.8, 4) is 0 Å². The third-order valence-electron chi connectivity index (χ3n) is 3.74. The molecule has 4 heteroatoms. The first kappa shape index (κ1) is 13.6. The van der Waals surface area contributed by atoms with E-state index < -0.39 is 0 Å². The zero-order valence-electron chi connectivity index (χ0n) is 11.5. The topological polar surface area (TPSA) is 32.5 Å². The average molecular weight is 251 g/mol. The van der Waals surface area contributed by atoms with Crippen LogP contribution in [-0.4, -0.2) is 54.7 Å². The summed E-state index contributed by atoms with van der Waals surface area (Å²) < 4.78 is 4.82. The lowest BCUT2D eigenvalue weighted by molar-refractivity contribution is 0.152. The van der Waals surface area contributed by atoms with E-state index in [2.05, 4.69) is 22.0 Å². The van der Waals surface area contributed by atoms with Gasteiger partial charge < -0.3 is 14.3 Å². The molecule has 1 aliphatic rings. The van der Waals surface area contributed by atoms with E-state index in [-0.39, 0.29) is 0 Å². The minimum atomic E-state index is 1.06. The van der Waals surface area contributed by atoms with Crippen molar-refractivity contribution in [3.63, 3.8) is 0 Å². The van der Waals surface area contributed by atoms with Gasteiger partial charge in [-0.25, -0.2) is 0 Å². The van der Waals surface area contributed by atoms with E-state index in [0.29, 0.717) is 0 Å². The fraction of sp³-hybridized carbons (Fsp3) is 0.786. The predicted molar refractivity (Wildman–Crippen MR) is 72.6 cm³/mol. The third kappa shape index (κ3) is 4.78. The standard InChI is InChI=1S/C14H25N3O/c1-16-9-11-17(12-10-16)8-5-3-2-4-6-14-7-13-18-15-14/h7,13H,2-6,8-12H2,1H3. The zero-order chi connectivity index (χ0) is 12.6.